The number of esters is 3. The molecule has 4 aliphatic rings. The first-order valence-electron chi connectivity index (χ1n) is 38.0. The molecule has 22 heteroatoms. The quantitative estimate of drug-likeness (QED) is 0.0106. The average Bonchev–Trinajstić information content (AvgIpc) is 0.864. The van der Waals surface area contributed by atoms with Crippen molar-refractivity contribution < 1.29 is 101 Å². The number of alkyl halides is 1. The number of unbranched alkanes of at least 4 members (excludes halogenated alkanes) is 12. The molecule has 21 nitrogen and oxygen atoms in total. The molecular formula is C86H117BrO21. The first-order valence-corrected chi connectivity index (χ1v) is 39.1. The van der Waals surface area contributed by atoms with Gasteiger partial charge in [-0.1, -0.05) is 93.4 Å². The second-order valence-electron chi connectivity index (χ2n) is 29.3. The number of hydrogen-bond acceptors (Lipinski definition) is 20. The topological polar surface area (TPSA) is 258 Å². The fraction of sp³-hybridized carbons (Fsp3) is 0.535. The van der Waals surface area contributed by atoms with E-state index < -0.39 is 17.9 Å². The van der Waals surface area contributed by atoms with Crippen molar-refractivity contribution in [1.82, 2.24) is 0 Å². The van der Waals surface area contributed by atoms with Crippen LogP contribution in [0.4, 0.5) is 0 Å². The van der Waals surface area contributed by atoms with E-state index in [0.717, 1.165) is 194 Å². The Labute approximate surface area is 647 Å². The van der Waals surface area contributed by atoms with Crippen LogP contribution in [-0.4, -0.2) is 177 Å². The van der Waals surface area contributed by atoms with E-state index in [0.29, 0.717) is 70.7 Å². The number of carbonyl (C=O) groups is 4. The van der Waals surface area contributed by atoms with Crippen LogP contribution in [-0.2, 0) is 42.6 Å². The Morgan fingerprint density at radius 1 is 0.343 bits per heavy atom. The number of benzene rings is 6. The molecule has 0 aliphatic carbocycles. The van der Waals surface area contributed by atoms with Gasteiger partial charge in [0.15, 0.2) is 0 Å². The molecule has 3 N–H and O–H groups in total. The summed E-state index contributed by atoms with van der Waals surface area (Å²) in [6, 6.07) is 39.6. The molecule has 0 atom stereocenters. The van der Waals surface area contributed by atoms with Gasteiger partial charge in [-0.05, 0) is 211 Å². The zero-order chi connectivity index (χ0) is 77.6. The zero-order valence-electron chi connectivity index (χ0n) is 64.4. The summed E-state index contributed by atoms with van der Waals surface area (Å²) < 4.78 is 76.5. The number of aromatic hydroxyl groups is 2. The van der Waals surface area contributed by atoms with Crippen LogP contribution in [0.15, 0.2) is 146 Å². The molecule has 0 amide bonds. The van der Waals surface area contributed by atoms with Crippen molar-refractivity contribution in [3.8, 4) is 40.2 Å². The summed E-state index contributed by atoms with van der Waals surface area (Å²) in [5, 5.41) is 27.2. The lowest BCUT2D eigenvalue weighted by Crippen LogP contribution is -2.43. The maximum absolute atomic E-state index is 12.7. The second-order valence-corrected chi connectivity index (χ2v) is 30.1. The number of hydrogen-bond donors (Lipinski definition) is 3. The molecule has 0 bridgehead atoms. The van der Waals surface area contributed by atoms with E-state index in [1.54, 1.807) is 109 Å². The maximum atomic E-state index is 12.7. The summed E-state index contributed by atoms with van der Waals surface area (Å²) in [5.41, 5.74) is 3.79. The fourth-order valence-electron chi connectivity index (χ4n) is 10.8. The summed E-state index contributed by atoms with van der Waals surface area (Å²) in [4.78, 5) is 47.0. The monoisotopic (exact) mass is 1560 g/mol. The van der Waals surface area contributed by atoms with Gasteiger partial charge in [0.2, 0.25) is 0 Å². The van der Waals surface area contributed by atoms with Crippen LogP contribution in [0, 0.1) is 28.6 Å². The van der Waals surface area contributed by atoms with E-state index >= 15 is 0 Å². The number of aromatic carboxylic acids is 1. The Morgan fingerprint density at radius 3 is 0.852 bits per heavy atom. The molecule has 594 valence electrons. The standard InChI is InChI=1S/C42H54O10.C18H26O5.C11H21BrO2.C9H10O2.C6H6O2/c1-41(29-47-30-41)27-45-23-7-3-5-9-25-49-35-15-11-33(12-16-35)39(43)51-37-19-21-38(22-20-37)52-40(44)34-13-17-36(18-14-34)50-26-10-6-4-8-24-46-28-42(2)31-48-32-42;1-18(13-22-14-18)12-21-10-4-2-3-5-11-23-16-8-6-15(7-9-16)17(19)20;1-11(9-14-10-11)8-13-7-5-3-2-4-6-12;1-7-3-5-8(6-4-7)9(10)11-2;7-5-1-2-6(8)4-3-5/h11-22H,3-10,23-32H2,1-2H3;6-9H,2-5,10-14H2,1H3,(H,19,20);2-10H2,1H3;3-6H,1-2H3;1-4,7-8H. The Bertz CT molecular complexity index is 3290. The van der Waals surface area contributed by atoms with Crippen LogP contribution < -0.4 is 23.7 Å². The number of ether oxygens (including phenoxy) is 14. The van der Waals surface area contributed by atoms with Crippen molar-refractivity contribution in [3.05, 3.63) is 173 Å². The molecule has 0 saturated carbocycles. The molecule has 0 unspecified atom stereocenters. The lowest BCUT2D eigenvalue weighted by Gasteiger charge is -2.37. The Balaban J connectivity index is 0.000000262. The number of carboxylic acids is 1. The number of halogens is 1. The molecule has 6 aromatic rings. The first-order chi connectivity index (χ1) is 52.2. The SMILES string of the molecule is CC1(COCCCCCCBr)COC1.CC1(COCCCCCCOc2ccc(C(=O)O)cc2)COC1.CC1(COCCCCCCOc2ccc(C(=O)Oc3ccc(OC(=O)c4ccc(OCCCCCCOCC5(C)COC5)cc4)cc3)cc2)COC1.COC(=O)c1ccc(C)cc1.Oc1ccc(O)cc1. The van der Waals surface area contributed by atoms with Gasteiger partial charge in [0.05, 0.1) is 128 Å². The highest BCUT2D eigenvalue weighted by atomic mass is 79.9. The predicted molar refractivity (Wildman–Crippen MR) is 418 cm³/mol. The number of methoxy groups -OCH3 is 1. The highest BCUT2D eigenvalue weighted by Crippen LogP contribution is 2.30. The summed E-state index contributed by atoms with van der Waals surface area (Å²) in [5.74, 6) is 0.956. The van der Waals surface area contributed by atoms with Gasteiger partial charge in [-0.15, -0.1) is 0 Å². The average molecular weight is 1570 g/mol. The van der Waals surface area contributed by atoms with Crippen LogP contribution in [0.1, 0.15) is 177 Å². The molecule has 6 aromatic carbocycles. The molecule has 4 aliphatic heterocycles. The van der Waals surface area contributed by atoms with Gasteiger partial charge in [-0.3, -0.25) is 0 Å². The van der Waals surface area contributed by atoms with Gasteiger partial charge >= 0.3 is 23.9 Å². The van der Waals surface area contributed by atoms with Gasteiger partial charge in [0.1, 0.15) is 40.2 Å². The minimum atomic E-state index is -0.919. The number of phenolic OH excluding ortho intramolecular Hbond substituents is 2. The van der Waals surface area contributed by atoms with Crippen molar-refractivity contribution in [3.63, 3.8) is 0 Å². The molecule has 108 heavy (non-hydrogen) atoms. The lowest BCUT2D eigenvalue weighted by molar-refractivity contribution is -0.138. The number of carbonyl (C=O) groups excluding carboxylic acids is 3. The summed E-state index contributed by atoms with van der Waals surface area (Å²) in [6.45, 7) is 25.7. The molecular weight excluding hydrogens is 1450 g/mol. The number of aryl methyl sites for hydroxylation is 1. The van der Waals surface area contributed by atoms with E-state index in [4.69, 9.17) is 76.9 Å². The molecule has 0 radical (unpaired) electrons. The smallest absolute Gasteiger partial charge is 0.343 e. The summed E-state index contributed by atoms with van der Waals surface area (Å²) in [7, 11) is 1.38. The van der Waals surface area contributed by atoms with Crippen LogP contribution in [0.25, 0.3) is 0 Å². The van der Waals surface area contributed by atoms with Crippen molar-refractivity contribution >= 4 is 39.8 Å². The van der Waals surface area contributed by atoms with Crippen LogP contribution >= 0.6 is 15.9 Å². The molecule has 0 aromatic heterocycles. The van der Waals surface area contributed by atoms with Crippen LogP contribution in [0.5, 0.6) is 40.2 Å². The third kappa shape index (κ3) is 36.7. The van der Waals surface area contributed by atoms with E-state index in [-0.39, 0.29) is 39.3 Å². The molecule has 0 spiro atoms. The predicted octanol–water partition coefficient (Wildman–Crippen LogP) is 17.4. The Hall–Kier alpha value is -7.64. The minimum Gasteiger partial charge on any atom is -0.508 e. The highest BCUT2D eigenvalue weighted by molar-refractivity contribution is 9.09. The zero-order valence-corrected chi connectivity index (χ0v) is 66.0. The van der Waals surface area contributed by atoms with Crippen molar-refractivity contribution in [2.24, 2.45) is 21.7 Å². The third-order valence-corrected chi connectivity index (χ3v) is 18.3. The lowest BCUT2D eigenvalue weighted by atomic mass is 9.90. The molecule has 10 rings (SSSR count). The molecule has 4 saturated heterocycles. The first kappa shape index (κ1) is 89.3. The van der Waals surface area contributed by atoms with Crippen molar-refractivity contribution in [2.45, 2.75) is 137 Å². The van der Waals surface area contributed by atoms with Gasteiger partial charge in [0.25, 0.3) is 0 Å². The van der Waals surface area contributed by atoms with E-state index in [1.165, 1.54) is 57.1 Å². The minimum absolute atomic E-state index is 0.169. The maximum Gasteiger partial charge on any atom is 0.343 e. The summed E-state index contributed by atoms with van der Waals surface area (Å²) in [6.07, 6.45) is 17.7. The normalized spacial score (nSPS) is 15.0. The van der Waals surface area contributed by atoms with E-state index in [1.807, 2.05) is 19.1 Å². The largest absolute Gasteiger partial charge is 0.508 e. The molecule has 4 heterocycles. The van der Waals surface area contributed by atoms with Gasteiger partial charge in [0, 0.05) is 53.4 Å². The van der Waals surface area contributed by atoms with Crippen LogP contribution in [0.3, 0.4) is 0 Å². The highest BCUT2D eigenvalue weighted by Gasteiger charge is 2.36. The van der Waals surface area contributed by atoms with Gasteiger partial charge < -0.3 is 81.6 Å². The van der Waals surface area contributed by atoms with E-state index in [2.05, 4.69) is 48.4 Å². The summed E-state index contributed by atoms with van der Waals surface area (Å²) >= 11 is 3.43. The molecule has 4 fully saturated rings. The van der Waals surface area contributed by atoms with Crippen LogP contribution in [0.2, 0.25) is 0 Å². The third-order valence-electron chi connectivity index (χ3n) is 17.8. The van der Waals surface area contributed by atoms with Gasteiger partial charge in [-0.25, -0.2) is 19.2 Å². The fourth-order valence-corrected chi connectivity index (χ4v) is 11.2. The number of carboxylic acid groups (broad SMARTS) is 1. The Kier molecular flexibility index (Phi) is 41.5. The number of rotatable bonds is 44. The van der Waals surface area contributed by atoms with Gasteiger partial charge in [-0.2, -0.15) is 0 Å². The van der Waals surface area contributed by atoms with Crippen molar-refractivity contribution in [2.75, 3.05) is 138 Å². The number of phenols is 2. The van der Waals surface area contributed by atoms with E-state index in [9.17, 15) is 19.2 Å². The Morgan fingerprint density at radius 2 is 0.593 bits per heavy atom. The second kappa shape index (κ2) is 50.2. The van der Waals surface area contributed by atoms with Crippen molar-refractivity contribution in [1.29, 1.82) is 0 Å².